The quantitative estimate of drug-likeness (QED) is 0.805. The molecule has 0 aromatic carbocycles. The number of likely N-dealkylation sites (N-methyl/N-ethyl adjacent to an activating group) is 1. The molecule has 0 aliphatic heterocycles. The fraction of sp³-hybridized carbons (Fsp3) is 0.333. The summed E-state index contributed by atoms with van der Waals surface area (Å²) in [6, 6.07) is 1.47. The van der Waals surface area contributed by atoms with Crippen LogP contribution < -0.4 is 15.8 Å². The van der Waals surface area contributed by atoms with Crippen LogP contribution in [0.4, 0.5) is 5.82 Å². The third-order valence-electron chi connectivity index (χ3n) is 1.76. The number of nitrogen functional groups attached to an aromatic ring is 1. The van der Waals surface area contributed by atoms with E-state index in [1.807, 2.05) is 0 Å². The number of rotatable bonds is 3. The Bertz CT molecular complexity index is 370. The highest BCUT2D eigenvalue weighted by atomic mass is 35.5. The zero-order valence-corrected chi connectivity index (χ0v) is 9.21. The van der Waals surface area contributed by atoms with Crippen molar-refractivity contribution in [1.82, 2.24) is 10.3 Å². The van der Waals surface area contributed by atoms with Crippen LogP contribution in [-0.4, -0.2) is 24.0 Å². The molecule has 0 aliphatic rings. The van der Waals surface area contributed by atoms with Gasteiger partial charge in [-0.2, -0.15) is 0 Å². The molecule has 0 spiro atoms. The van der Waals surface area contributed by atoms with E-state index < -0.39 is 6.10 Å². The molecule has 5 nitrogen and oxygen atoms in total. The Balaban J connectivity index is 2.80. The Kier molecular flexibility index (Phi) is 3.74. The number of hydrogen-bond acceptors (Lipinski definition) is 4. The smallest absolute Gasteiger partial charge is 0.260 e. The van der Waals surface area contributed by atoms with Gasteiger partial charge in [0.1, 0.15) is 16.6 Å². The number of pyridine rings is 1. The molecule has 0 aliphatic carbocycles. The van der Waals surface area contributed by atoms with Crippen molar-refractivity contribution in [1.29, 1.82) is 0 Å². The van der Waals surface area contributed by atoms with Crippen LogP contribution >= 0.6 is 11.6 Å². The molecule has 0 saturated heterocycles. The molecular formula is C9H12ClN3O2. The third kappa shape index (κ3) is 2.99. The number of carbonyl (C=O) groups excluding carboxylic acids is 1. The first-order valence-corrected chi connectivity index (χ1v) is 4.71. The Morgan fingerprint density at radius 1 is 1.73 bits per heavy atom. The normalized spacial score (nSPS) is 11.9. The zero-order valence-electron chi connectivity index (χ0n) is 8.45. The molecule has 15 heavy (non-hydrogen) atoms. The van der Waals surface area contributed by atoms with Crippen LogP contribution in [0.2, 0.25) is 5.02 Å². The summed E-state index contributed by atoms with van der Waals surface area (Å²) in [5.74, 6) is 0.403. The molecule has 0 bridgehead atoms. The fourth-order valence-corrected chi connectivity index (χ4v) is 1.12. The summed E-state index contributed by atoms with van der Waals surface area (Å²) < 4.78 is 5.31. The van der Waals surface area contributed by atoms with Gasteiger partial charge < -0.3 is 15.8 Å². The van der Waals surface area contributed by atoms with Gasteiger partial charge in [0.05, 0.1) is 6.20 Å². The molecule has 0 saturated carbocycles. The molecule has 1 atom stereocenters. The number of ether oxygens (including phenoxy) is 1. The maximum atomic E-state index is 11.2. The predicted octanol–water partition coefficient (Wildman–Crippen LogP) is 0.830. The van der Waals surface area contributed by atoms with Gasteiger partial charge in [0.15, 0.2) is 6.10 Å². The largest absolute Gasteiger partial charge is 0.479 e. The Hall–Kier alpha value is -1.49. The van der Waals surface area contributed by atoms with Gasteiger partial charge in [0.2, 0.25) is 0 Å². The minimum atomic E-state index is -0.630. The number of amides is 1. The maximum Gasteiger partial charge on any atom is 0.260 e. The summed E-state index contributed by atoms with van der Waals surface area (Å²) >= 11 is 5.81. The van der Waals surface area contributed by atoms with E-state index in [4.69, 9.17) is 22.1 Å². The number of anilines is 1. The lowest BCUT2D eigenvalue weighted by Crippen LogP contribution is -2.33. The summed E-state index contributed by atoms with van der Waals surface area (Å²) in [4.78, 5) is 15.0. The lowest BCUT2D eigenvalue weighted by atomic mass is 10.3. The number of nitrogens with one attached hydrogen (secondary N) is 1. The van der Waals surface area contributed by atoms with Gasteiger partial charge in [-0.1, -0.05) is 11.6 Å². The molecule has 1 rings (SSSR count). The molecule has 1 amide bonds. The standard InChI is InChI=1S/C9H12ClN3O2/c1-5(9(14)12-2)15-7-3-8(11)13-4-6(7)10/h3-5H,1-2H3,(H2,11,13)(H,12,14). The van der Waals surface area contributed by atoms with Crippen molar-refractivity contribution in [2.75, 3.05) is 12.8 Å². The second-order valence-corrected chi connectivity index (χ2v) is 3.32. The van der Waals surface area contributed by atoms with E-state index in [9.17, 15) is 4.79 Å². The highest BCUT2D eigenvalue weighted by molar-refractivity contribution is 6.32. The Morgan fingerprint density at radius 3 is 3.00 bits per heavy atom. The number of carbonyl (C=O) groups is 1. The van der Waals surface area contributed by atoms with Crippen LogP contribution in [-0.2, 0) is 4.79 Å². The van der Waals surface area contributed by atoms with Gasteiger partial charge in [-0.25, -0.2) is 4.98 Å². The van der Waals surface area contributed by atoms with Crippen molar-refractivity contribution in [2.45, 2.75) is 13.0 Å². The lowest BCUT2D eigenvalue weighted by molar-refractivity contribution is -0.126. The topological polar surface area (TPSA) is 77.2 Å². The maximum absolute atomic E-state index is 11.2. The van der Waals surface area contributed by atoms with Crippen LogP contribution in [0.15, 0.2) is 12.3 Å². The second-order valence-electron chi connectivity index (χ2n) is 2.91. The van der Waals surface area contributed by atoms with Crippen LogP contribution in [0.25, 0.3) is 0 Å². The predicted molar refractivity (Wildman–Crippen MR) is 57.8 cm³/mol. The molecule has 82 valence electrons. The molecule has 1 unspecified atom stereocenters. The Labute approximate surface area is 92.6 Å². The lowest BCUT2D eigenvalue weighted by Gasteiger charge is -2.14. The van der Waals surface area contributed by atoms with E-state index in [-0.39, 0.29) is 5.91 Å². The third-order valence-corrected chi connectivity index (χ3v) is 2.04. The molecule has 1 heterocycles. The highest BCUT2D eigenvalue weighted by Gasteiger charge is 2.14. The average molecular weight is 230 g/mol. The van der Waals surface area contributed by atoms with Crippen LogP contribution in [0.3, 0.4) is 0 Å². The summed E-state index contributed by atoms with van der Waals surface area (Å²) in [7, 11) is 1.53. The number of hydrogen-bond donors (Lipinski definition) is 2. The van der Waals surface area contributed by atoms with Gasteiger partial charge in [-0.15, -0.1) is 0 Å². The highest BCUT2D eigenvalue weighted by Crippen LogP contribution is 2.25. The van der Waals surface area contributed by atoms with Crippen LogP contribution in [0, 0.1) is 0 Å². The first kappa shape index (κ1) is 11.6. The molecule has 0 fully saturated rings. The van der Waals surface area contributed by atoms with Crippen LogP contribution in [0.5, 0.6) is 5.75 Å². The monoisotopic (exact) mass is 229 g/mol. The van der Waals surface area contributed by atoms with Gasteiger partial charge in [-0.3, -0.25) is 4.79 Å². The van der Waals surface area contributed by atoms with Crippen molar-refractivity contribution >= 4 is 23.3 Å². The van der Waals surface area contributed by atoms with E-state index in [1.54, 1.807) is 6.92 Å². The summed E-state index contributed by atoms with van der Waals surface area (Å²) in [5.41, 5.74) is 5.46. The van der Waals surface area contributed by atoms with E-state index in [0.717, 1.165) is 0 Å². The zero-order chi connectivity index (χ0) is 11.4. The van der Waals surface area contributed by atoms with Crippen molar-refractivity contribution in [2.24, 2.45) is 0 Å². The van der Waals surface area contributed by atoms with Gasteiger partial charge in [0.25, 0.3) is 5.91 Å². The van der Waals surface area contributed by atoms with E-state index in [2.05, 4.69) is 10.3 Å². The second kappa shape index (κ2) is 4.84. The summed E-state index contributed by atoms with van der Waals surface area (Å²) in [6.07, 6.45) is 0.747. The molecular weight excluding hydrogens is 218 g/mol. The Morgan fingerprint density at radius 2 is 2.40 bits per heavy atom. The van der Waals surface area contributed by atoms with Crippen molar-refractivity contribution < 1.29 is 9.53 Å². The van der Waals surface area contributed by atoms with Crippen LogP contribution in [0.1, 0.15) is 6.92 Å². The number of nitrogens with zero attached hydrogens (tertiary/aromatic N) is 1. The summed E-state index contributed by atoms with van der Waals surface area (Å²) in [6.45, 7) is 1.62. The molecule has 6 heteroatoms. The van der Waals surface area contributed by atoms with E-state index in [1.165, 1.54) is 19.3 Å². The van der Waals surface area contributed by atoms with Crippen molar-refractivity contribution in [3.05, 3.63) is 17.3 Å². The fourth-order valence-electron chi connectivity index (χ4n) is 0.973. The van der Waals surface area contributed by atoms with E-state index in [0.29, 0.717) is 16.6 Å². The van der Waals surface area contributed by atoms with Gasteiger partial charge in [0, 0.05) is 13.1 Å². The molecule has 3 N–H and O–H groups in total. The van der Waals surface area contributed by atoms with Gasteiger partial charge >= 0.3 is 0 Å². The summed E-state index contributed by atoms with van der Waals surface area (Å²) in [5, 5.41) is 2.78. The van der Waals surface area contributed by atoms with Crippen molar-refractivity contribution in [3.8, 4) is 5.75 Å². The minimum absolute atomic E-state index is 0.235. The molecule has 1 aromatic heterocycles. The SMILES string of the molecule is CNC(=O)C(C)Oc1cc(N)ncc1Cl. The first-order valence-electron chi connectivity index (χ1n) is 4.34. The number of aromatic nitrogens is 1. The van der Waals surface area contributed by atoms with Gasteiger partial charge in [-0.05, 0) is 6.92 Å². The first-order chi connectivity index (χ1) is 7.04. The average Bonchev–Trinajstić information content (AvgIpc) is 2.22. The van der Waals surface area contributed by atoms with E-state index >= 15 is 0 Å². The number of nitrogens with two attached hydrogens (primary N) is 1. The molecule has 1 aromatic rings. The number of halogens is 1. The minimum Gasteiger partial charge on any atom is -0.479 e. The molecule has 0 radical (unpaired) electrons. The van der Waals surface area contributed by atoms with Crippen molar-refractivity contribution in [3.63, 3.8) is 0 Å².